The van der Waals surface area contributed by atoms with Crippen molar-refractivity contribution in [1.29, 1.82) is 5.26 Å². The molecule has 6 heteroatoms. The van der Waals surface area contributed by atoms with E-state index in [1.165, 1.54) is 10.9 Å². The summed E-state index contributed by atoms with van der Waals surface area (Å²) in [5, 5.41) is 15.5. The number of aromatic nitrogens is 2. The summed E-state index contributed by atoms with van der Waals surface area (Å²) in [5.41, 5.74) is 0.801. The third-order valence-corrected chi connectivity index (χ3v) is 2.64. The smallest absolute Gasteiger partial charge is 0.256 e. The number of nitriles is 1. The lowest BCUT2D eigenvalue weighted by atomic mass is 10.2. The number of amides is 1. The molecule has 0 aliphatic rings. The predicted octanol–water partition coefficient (Wildman–Crippen LogP) is 1.55. The first kappa shape index (κ1) is 12.6. The lowest BCUT2D eigenvalue weighted by molar-refractivity contribution is 0.102. The highest BCUT2D eigenvalue weighted by atomic mass is 16.5. The molecule has 0 saturated carbocycles. The molecule has 96 valence electrons. The summed E-state index contributed by atoms with van der Waals surface area (Å²) in [6, 6.07) is 8.67. The summed E-state index contributed by atoms with van der Waals surface area (Å²) < 4.78 is 6.47. The molecule has 19 heavy (non-hydrogen) atoms. The number of carbonyl (C=O) groups is 1. The molecule has 1 heterocycles. The van der Waals surface area contributed by atoms with Crippen molar-refractivity contribution in [2.75, 3.05) is 12.4 Å². The minimum absolute atomic E-state index is 0.303. The third-order valence-electron chi connectivity index (χ3n) is 2.64. The second-order valence-electron chi connectivity index (χ2n) is 3.82. The zero-order valence-corrected chi connectivity index (χ0v) is 10.5. The predicted molar refractivity (Wildman–Crippen MR) is 68.9 cm³/mol. The molecule has 2 aromatic rings. The van der Waals surface area contributed by atoms with Crippen molar-refractivity contribution in [1.82, 2.24) is 9.78 Å². The van der Waals surface area contributed by atoms with E-state index in [0.717, 1.165) is 0 Å². The van der Waals surface area contributed by atoms with E-state index in [4.69, 9.17) is 10.00 Å². The number of methoxy groups -OCH3 is 1. The van der Waals surface area contributed by atoms with Crippen LogP contribution in [0.25, 0.3) is 0 Å². The summed E-state index contributed by atoms with van der Waals surface area (Å²) in [7, 11) is 3.22. The van der Waals surface area contributed by atoms with Gasteiger partial charge in [0, 0.05) is 12.6 Å². The number of benzene rings is 1. The van der Waals surface area contributed by atoms with Crippen LogP contribution in [0.5, 0.6) is 5.75 Å². The van der Waals surface area contributed by atoms with Gasteiger partial charge in [-0.3, -0.25) is 9.48 Å². The highest BCUT2D eigenvalue weighted by molar-refractivity contribution is 6.04. The van der Waals surface area contributed by atoms with E-state index < -0.39 is 0 Å². The van der Waals surface area contributed by atoms with Crippen LogP contribution in [0.1, 0.15) is 15.9 Å². The Morgan fingerprint density at radius 2 is 2.11 bits per heavy atom. The van der Waals surface area contributed by atoms with Gasteiger partial charge in [0.2, 0.25) is 0 Å². The quantitative estimate of drug-likeness (QED) is 0.903. The maximum atomic E-state index is 12.0. The number of hydrogen-bond donors (Lipinski definition) is 1. The number of nitrogens with one attached hydrogen (secondary N) is 1. The molecule has 2 rings (SSSR count). The van der Waals surface area contributed by atoms with Crippen molar-refractivity contribution in [3.63, 3.8) is 0 Å². The third kappa shape index (κ3) is 2.55. The van der Waals surface area contributed by atoms with Crippen molar-refractivity contribution in [2.24, 2.45) is 7.05 Å². The highest BCUT2D eigenvalue weighted by Crippen LogP contribution is 2.16. The van der Waals surface area contributed by atoms with E-state index in [-0.39, 0.29) is 5.91 Å². The number of anilines is 1. The minimum Gasteiger partial charge on any atom is -0.497 e. The molecule has 0 saturated heterocycles. The molecular formula is C13H12N4O2. The maximum absolute atomic E-state index is 12.0. The fourth-order valence-corrected chi connectivity index (χ4v) is 1.59. The molecule has 0 unspecified atom stereocenters. The molecule has 0 atom stereocenters. The summed E-state index contributed by atoms with van der Waals surface area (Å²) in [6.45, 7) is 0. The highest BCUT2D eigenvalue weighted by Gasteiger charge is 2.13. The zero-order chi connectivity index (χ0) is 13.8. The van der Waals surface area contributed by atoms with E-state index in [9.17, 15) is 4.79 Å². The fourth-order valence-electron chi connectivity index (χ4n) is 1.59. The van der Waals surface area contributed by atoms with E-state index in [1.54, 1.807) is 38.4 Å². The van der Waals surface area contributed by atoms with Gasteiger partial charge in [-0.1, -0.05) is 0 Å². The first-order chi connectivity index (χ1) is 9.15. The second-order valence-corrected chi connectivity index (χ2v) is 3.82. The van der Waals surface area contributed by atoms with E-state index >= 15 is 0 Å². The lowest BCUT2D eigenvalue weighted by Gasteiger charge is -2.06. The molecule has 1 N–H and O–H groups in total. The Kier molecular flexibility index (Phi) is 3.48. The summed E-state index contributed by atoms with van der Waals surface area (Å²) in [4.78, 5) is 12.0. The van der Waals surface area contributed by atoms with Crippen LogP contribution in [0.15, 0.2) is 30.5 Å². The number of carbonyl (C=O) groups excluding carboxylic acids is 1. The maximum Gasteiger partial charge on any atom is 0.256 e. The number of hydrogen-bond acceptors (Lipinski definition) is 4. The average molecular weight is 256 g/mol. The normalized spacial score (nSPS) is 9.74. The van der Waals surface area contributed by atoms with Gasteiger partial charge in [0.05, 0.1) is 13.3 Å². The Balaban J connectivity index is 2.21. The molecule has 0 aliphatic carbocycles. The largest absolute Gasteiger partial charge is 0.497 e. The number of rotatable bonds is 3. The van der Waals surface area contributed by atoms with Gasteiger partial charge >= 0.3 is 0 Å². The number of aryl methyl sites for hydroxylation is 1. The van der Waals surface area contributed by atoms with E-state index in [1.807, 2.05) is 6.07 Å². The second kappa shape index (κ2) is 5.23. The van der Waals surface area contributed by atoms with Gasteiger partial charge in [-0.05, 0) is 24.3 Å². The Labute approximate surface area is 110 Å². The standard InChI is InChI=1S/C13H12N4O2/c1-17-12(10(7-14)8-15-17)16-13(18)9-3-5-11(19-2)6-4-9/h3-6,8H,1-2H3,(H,16,18). The topological polar surface area (TPSA) is 79.9 Å². The van der Waals surface area contributed by atoms with Gasteiger partial charge in [0.1, 0.15) is 23.2 Å². The van der Waals surface area contributed by atoms with Crippen LogP contribution in [0.4, 0.5) is 5.82 Å². The first-order valence-electron chi connectivity index (χ1n) is 5.53. The van der Waals surface area contributed by atoms with Crippen LogP contribution in [0, 0.1) is 11.3 Å². The zero-order valence-electron chi connectivity index (χ0n) is 10.5. The average Bonchev–Trinajstić information content (AvgIpc) is 2.79. The van der Waals surface area contributed by atoms with Gasteiger partial charge in [-0.2, -0.15) is 10.4 Å². The van der Waals surface area contributed by atoms with Crippen LogP contribution in [-0.2, 0) is 7.05 Å². The van der Waals surface area contributed by atoms with Gasteiger partial charge in [-0.15, -0.1) is 0 Å². The molecular weight excluding hydrogens is 244 g/mol. The Hall–Kier alpha value is -2.81. The van der Waals surface area contributed by atoms with Gasteiger partial charge in [0.25, 0.3) is 5.91 Å². The Bertz CT molecular complexity index is 638. The molecule has 0 fully saturated rings. The van der Waals surface area contributed by atoms with Crippen LogP contribution < -0.4 is 10.1 Å². The summed E-state index contributed by atoms with van der Waals surface area (Å²) in [5.74, 6) is 0.751. The fraction of sp³-hybridized carbons (Fsp3) is 0.154. The molecule has 1 aromatic heterocycles. The van der Waals surface area contributed by atoms with Gasteiger partial charge in [-0.25, -0.2) is 0 Å². The van der Waals surface area contributed by atoms with Crippen molar-refractivity contribution < 1.29 is 9.53 Å². The minimum atomic E-state index is -0.303. The monoisotopic (exact) mass is 256 g/mol. The van der Waals surface area contributed by atoms with Crippen LogP contribution >= 0.6 is 0 Å². The first-order valence-corrected chi connectivity index (χ1v) is 5.53. The molecule has 0 radical (unpaired) electrons. The van der Waals surface area contributed by atoms with Crippen LogP contribution in [0.3, 0.4) is 0 Å². The van der Waals surface area contributed by atoms with Crippen molar-refractivity contribution in [3.05, 3.63) is 41.6 Å². The van der Waals surface area contributed by atoms with E-state index in [0.29, 0.717) is 22.7 Å². The van der Waals surface area contributed by atoms with Gasteiger partial charge < -0.3 is 10.1 Å². The molecule has 1 amide bonds. The SMILES string of the molecule is COc1ccc(C(=O)Nc2c(C#N)cnn2C)cc1. The summed E-state index contributed by atoms with van der Waals surface area (Å²) in [6.07, 6.45) is 1.41. The van der Waals surface area contributed by atoms with Crippen molar-refractivity contribution >= 4 is 11.7 Å². The molecule has 1 aromatic carbocycles. The Morgan fingerprint density at radius 1 is 1.42 bits per heavy atom. The van der Waals surface area contributed by atoms with Crippen LogP contribution in [0.2, 0.25) is 0 Å². The van der Waals surface area contributed by atoms with Gasteiger partial charge in [0.15, 0.2) is 0 Å². The summed E-state index contributed by atoms with van der Waals surface area (Å²) >= 11 is 0. The van der Waals surface area contributed by atoms with E-state index in [2.05, 4.69) is 10.4 Å². The Morgan fingerprint density at radius 3 is 2.68 bits per heavy atom. The van der Waals surface area contributed by atoms with Crippen molar-refractivity contribution in [3.8, 4) is 11.8 Å². The van der Waals surface area contributed by atoms with Crippen LogP contribution in [-0.4, -0.2) is 22.8 Å². The molecule has 0 bridgehead atoms. The molecule has 6 nitrogen and oxygen atoms in total. The number of nitrogens with zero attached hydrogens (tertiary/aromatic N) is 3. The molecule has 0 spiro atoms. The number of ether oxygens (including phenoxy) is 1. The van der Waals surface area contributed by atoms with Crippen molar-refractivity contribution in [2.45, 2.75) is 0 Å². The molecule has 0 aliphatic heterocycles. The lowest BCUT2D eigenvalue weighted by Crippen LogP contribution is -2.15.